The molecule has 0 unspecified atom stereocenters. The molecule has 1 aliphatic carbocycles. The Balaban J connectivity index is 2.07. The third-order valence-corrected chi connectivity index (χ3v) is 3.98. The zero-order valence-corrected chi connectivity index (χ0v) is 11.9. The second-order valence-electron chi connectivity index (χ2n) is 5.62. The number of hydrogen-bond acceptors (Lipinski definition) is 3. The van der Waals surface area contributed by atoms with Crippen molar-refractivity contribution in [2.24, 2.45) is 11.1 Å². The summed E-state index contributed by atoms with van der Waals surface area (Å²) in [6.45, 7) is 5.28. The summed E-state index contributed by atoms with van der Waals surface area (Å²) in [4.78, 5) is 4.91. The highest BCUT2D eigenvalue weighted by Crippen LogP contribution is 2.37. The molecule has 0 radical (unpaired) electrons. The van der Waals surface area contributed by atoms with Crippen molar-refractivity contribution in [2.75, 3.05) is 11.9 Å². The van der Waals surface area contributed by atoms with Crippen molar-refractivity contribution in [1.29, 1.82) is 0 Å². The number of nitrogens with one attached hydrogen (secondary N) is 1. The van der Waals surface area contributed by atoms with E-state index in [4.69, 9.17) is 18.0 Å². The number of aryl methyl sites for hydroxylation is 1. The Labute approximate surface area is 114 Å². The minimum absolute atomic E-state index is 0.412. The zero-order chi connectivity index (χ0) is 13.2. The van der Waals surface area contributed by atoms with Crippen LogP contribution in [0.15, 0.2) is 12.1 Å². The predicted molar refractivity (Wildman–Crippen MR) is 79.9 cm³/mol. The van der Waals surface area contributed by atoms with E-state index in [1.54, 1.807) is 0 Å². The van der Waals surface area contributed by atoms with Crippen LogP contribution < -0.4 is 11.1 Å². The molecule has 3 nitrogen and oxygen atoms in total. The number of nitrogens with two attached hydrogens (primary N) is 1. The number of hydrogen-bond donors (Lipinski definition) is 2. The van der Waals surface area contributed by atoms with E-state index in [9.17, 15) is 0 Å². The molecule has 0 spiro atoms. The van der Waals surface area contributed by atoms with Gasteiger partial charge in [0.15, 0.2) is 0 Å². The van der Waals surface area contributed by atoms with Crippen LogP contribution in [0.2, 0.25) is 0 Å². The molecule has 4 heteroatoms. The van der Waals surface area contributed by atoms with E-state index in [0.717, 1.165) is 23.6 Å². The maximum absolute atomic E-state index is 5.67. The molecular formula is C14H21N3S. The fraction of sp³-hybridized carbons (Fsp3) is 0.571. The number of anilines is 1. The van der Waals surface area contributed by atoms with Gasteiger partial charge in [-0.05, 0) is 37.3 Å². The zero-order valence-electron chi connectivity index (χ0n) is 11.1. The summed E-state index contributed by atoms with van der Waals surface area (Å²) in [5.41, 5.74) is 7.91. The fourth-order valence-electron chi connectivity index (χ4n) is 2.61. The van der Waals surface area contributed by atoms with Crippen molar-refractivity contribution in [2.45, 2.75) is 39.5 Å². The molecule has 2 rings (SSSR count). The van der Waals surface area contributed by atoms with Crippen molar-refractivity contribution in [3.05, 3.63) is 23.4 Å². The van der Waals surface area contributed by atoms with E-state index >= 15 is 0 Å². The number of pyridine rings is 1. The summed E-state index contributed by atoms with van der Waals surface area (Å²) in [6, 6.07) is 3.86. The van der Waals surface area contributed by atoms with Crippen LogP contribution in [0.5, 0.6) is 0 Å². The molecule has 1 saturated carbocycles. The van der Waals surface area contributed by atoms with Crippen molar-refractivity contribution < 1.29 is 0 Å². The quantitative estimate of drug-likeness (QED) is 0.820. The van der Waals surface area contributed by atoms with Gasteiger partial charge < -0.3 is 11.1 Å². The SMILES string of the molecule is Cc1cc(C(N)=S)cc(NCC2(C)CCCC2)n1. The van der Waals surface area contributed by atoms with Gasteiger partial charge in [-0.25, -0.2) is 4.98 Å². The van der Waals surface area contributed by atoms with Gasteiger partial charge in [-0.15, -0.1) is 0 Å². The van der Waals surface area contributed by atoms with Crippen LogP contribution in [-0.4, -0.2) is 16.5 Å². The summed E-state index contributed by atoms with van der Waals surface area (Å²) < 4.78 is 0. The molecule has 1 aliphatic rings. The highest BCUT2D eigenvalue weighted by molar-refractivity contribution is 7.80. The molecule has 0 aliphatic heterocycles. The molecule has 0 atom stereocenters. The molecule has 0 bridgehead atoms. The topological polar surface area (TPSA) is 50.9 Å². The highest BCUT2D eigenvalue weighted by Gasteiger charge is 2.28. The number of aromatic nitrogens is 1. The fourth-order valence-corrected chi connectivity index (χ4v) is 2.73. The largest absolute Gasteiger partial charge is 0.389 e. The molecule has 0 saturated heterocycles. The van der Waals surface area contributed by atoms with Crippen LogP contribution in [0.4, 0.5) is 5.82 Å². The third kappa shape index (κ3) is 3.19. The summed E-state index contributed by atoms with van der Waals surface area (Å²) in [7, 11) is 0. The van der Waals surface area contributed by atoms with E-state index in [1.807, 2.05) is 19.1 Å². The van der Waals surface area contributed by atoms with Crippen molar-refractivity contribution >= 4 is 23.0 Å². The first-order valence-corrected chi connectivity index (χ1v) is 6.92. The summed E-state index contributed by atoms with van der Waals surface area (Å²) >= 11 is 5.02. The first-order chi connectivity index (χ1) is 8.48. The molecule has 1 fully saturated rings. The minimum Gasteiger partial charge on any atom is -0.389 e. The standard InChI is InChI=1S/C14H21N3S/c1-10-7-11(13(15)18)8-12(17-10)16-9-14(2)5-3-4-6-14/h7-8H,3-6,9H2,1-2H3,(H2,15,18)(H,16,17). The highest BCUT2D eigenvalue weighted by atomic mass is 32.1. The van der Waals surface area contributed by atoms with Crippen LogP contribution in [-0.2, 0) is 0 Å². The number of nitrogens with zero attached hydrogens (tertiary/aromatic N) is 1. The Hall–Kier alpha value is -1.16. The van der Waals surface area contributed by atoms with Crippen LogP contribution in [0.25, 0.3) is 0 Å². The van der Waals surface area contributed by atoms with Crippen LogP contribution in [0.3, 0.4) is 0 Å². The molecule has 1 heterocycles. The van der Waals surface area contributed by atoms with Gasteiger partial charge in [0.05, 0.1) is 0 Å². The molecule has 18 heavy (non-hydrogen) atoms. The Kier molecular flexibility index (Phi) is 3.85. The smallest absolute Gasteiger partial charge is 0.126 e. The first-order valence-electron chi connectivity index (χ1n) is 6.51. The lowest BCUT2D eigenvalue weighted by molar-refractivity contribution is 0.361. The van der Waals surface area contributed by atoms with Gasteiger partial charge in [-0.3, -0.25) is 0 Å². The Morgan fingerprint density at radius 1 is 1.44 bits per heavy atom. The van der Waals surface area contributed by atoms with Gasteiger partial charge in [0.2, 0.25) is 0 Å². The average Bonchev–Trinajstić information content (AvgIpc) is 2.73. The summed E-state index contributed by atoms with van der Waals surface area (Å²) in [5, 5.41) is 3.44. The lowest BCUT2D eigenvalue weighted by atomic mass is 9.89. The first kappa shape index (κ1) is 13.3. The molecule has 0 aromatic carbocycles. The van der Waals surface area contributed by atoms with Crippen LogP contribution >= 0.6 is 12.2 Å². The van der Waals surface area contributed by atoms with E-state index < -0.39 is 0 Å². The number of thiocarbonyl (C=S) groups is 1. The molecular weight excluding hydrogens is 242 g/mol. The lowest BCUT2D eigenvalue weighted by Crippen LogP contribution is -2.23. The normalized spacial score (nSPS) is 17.7. The lowest BCUT2D eigenvalue weighted by Gasteiger charge is -2.24. The van der Waals surface area contributed by atoms with E-state index in [-0.39, 0.29) is 0 Å². The maximum Gasteiger partial charge on any atom is 0.126 e. The van der Waals surface area contributed by atoms with E-state index in [0.29, 0.717) is 10.4 Å². The van der Waals surface area contributed by atoms with Gasteiger partial charge in [0, 0.05) is 17.8 Å². The Morgan fingerprint density at radius 3 is 2.72 bits per heavy atom. The molecule has 1 aromatic rings. The van der Waals surface area contributed by atoms with E-state index in [1.165, 1.54) is 25.7 Å². The second kappa shape index (κ2) is 5.22. The summed E-state index contributed by atoms with van der Waals surface area (Å²) in [6.07, 6.45) is 5.29. The van der Waals surface area contributed by atoms with Crippen LogP contribution in [0.1, 0.15) is 43.9 Å². The molecule has 98 valence electrons. The van der Waals surface area contributed by atoms with Gasteiger partial charge in [-0.1, -0.05) is 32.0 Å². The van der Waals surface area contributed by atoms with Crippen molar-refractivity contribution in [1.82, 2.24) is 4.98 Å². The molecule has 0 amide bonds. The van der Waals surface area contributed by atoms with Crippen molar-refractivity contribution in [3.8, 4) is 0 Å². The second-order valence-corrected chi connectivity index (χ2v) is 6.06. The monoisotopic (exact) mass is 263 g/mol. The number of rotatable bonds is 4. The predicted octanol–water partition coefficient (Wildman–Crippen LogP) is 3.02. The molecule has 1 aromatic heterocycles. The van der Waals surface area contributed by atoms with Crippen molar-refractivity contribution in [3.63, 3.8) is 0 Å². The minimum atomic E-state index is 0.412. The van der Waals surface area contributed by atoms with Gasteiger partial charge in [-0.2, -0.15) is 0 Å². The maximum atomic E-state index is 5.67. The Bertz CT molecular complexity index is 450. The van der Waals surface area contributed by atoms with E-state index in [2.05, 4.69) is 17.2 Å². The van der Waals surface area contributed by atoms with Gasteiger partial charge in [0.1, 0.15) is 10.8 Å². The molecule has 3 N–H and O–H groups in total. The Morgan fingerprint density at radius 2 is 2.11 bits per heavy atom. The van der Waals surface area contributed by atoms with Gasteiger partial charge in [0.25, 0.3) is 0 Å². The van der Waals surface area contributed by atoms with Gasteiger partial charge >= 0.3 is 0 Å². The third-order valence-electron chi connectivity index (χ3n) is 3.74. The summed E-state index contributed by atoms with van der Waals surface area (Å²) in [5.74, 6) is 0.880. The van der Waals surface area contributed by atoms with Crippen LogP contribution in [0, 0.1) is 12.3 Å². The average molecular weight is 263 g/mol.